The maximum absolute atomic E-state index is 12.7. The first kappa shape index (κ1) is 58.5. The van der Waals surface area contributed by atoms with E-state index in [4.69, 9.17) is 18.5 Å². The van der Waals surface area contributed by atoms with Gasteiger partial charge in [0.1, 0.15) is 19.3 Å². The zero-order chi connectivity index (χ0) is 44.1. The van der Waals surface area contributed by atoms with Gasteiger partial charge in [0.2, 0.25) is 0 Å². The molecular weight excluding hydrogens is 770 g/mol. The standard InChI is InChI=1S/C51H96NO7P/c1-6-8-10-12-14-16-18-20-22-24-25-26-27-29-31-33-35-37-39-41-43-46-56-48-50(49-58-60(54,55)57-47-45-52(3,4)5)59-51(53)44-42-40-38-36-34-32-30-28-23-21-19-17-15-13-11-9-7-2/h9,11,15,17,21,23,30,32,50H,6-8,10,12-14,16,18-20,22,24-29,31,33-49H2,1-5H3/p+1/b11-9-,17-15-,23-21-,32-30-. The summed E-state index contributed by atoms with van der Waals surface area (Å²) in [6.45, 7) is 5.51. The van der Waals surface area contributed by atoms with Gasteiger partial charge >= 0.3 is 13.8 Å². The van der Waals surface area contributed by atoms with Gasteiger partial charge in [0.15, 0.2) is 0 Å². The lowest BCUT2D eigenvalue weighted by Gasteiger charge is -2.24. The molecule has 0 aliphatic heterocycles. The summed E-state index contributed by atoms with van der Waals surface area (Å²) in [5, 5.41) is 0. The van der Waals surface area contributed by atoms with Crippen LogP contribution in [0.1, 0.15) is 213 Å². The number of nitrogens with zero attached hydrogens (tertiary/aromatic N) is 1. The van der Waals surface area contributed by atoms with E-state index in [9.17, 15) is 14.3 Å². The van der Waals surface area contributed by atoms with Gasteiger partial charge in [-0.15, -0.1) is 0 Å². The average Bonchev–Trinajstić information content (AvgIpc) is 3.20. The van der Waals surface area contributed by atoms with E-state index >= 15 is 0 Å². The third-order valence-corrected chi connectivity index (χ3v) is 11.6. The van der Waals surface area contributed by atoms with Crippen LogP contribution in [0.25, 0.3) is 0 Å². The van der Waals surface area contributed by atoms with Crippen LogP contribution in [0.3, 0.4) is 0 Å². The van der Waals surface area contributed by atoms with E-state index in [0.29, 0.717) is 24.1 Å². The molecule has 0 amide bonds. The number of allylic oxidation sites excluding steroid dienone is 8. The molecule has 352 valence electrons. The molecule has 60 heavy (non-hydrogen) atoms. The molecule has 0 rings (SSSR count). The number of carbonyl (C=O) groups is 1. The molecule has 0 saturated carbocycles. The number of rotatable bonds is 46. The molecular formula is C51H97NO7P+. The smallest absolute Gasteiger partial charge is 0.457 e. The number of carbonyl (C=O) groups excluding carboxylic acids is 1. The number of ether oxygens (including phenoxy) is 2. The van der Waals surface area contributed by atoms with Crippen LogP contribution in [0.2, 0.25) is 0 Å². The molecule has 8 nitrogen and oxygen atoms in total. The van der Waals surface area contributed by atoms with Gasteiger partial charge in [0.05, 0.1) is 34.4 Å². The number of quaternary nitrogens is 1. The molecule has 0 radical (unpaired) electrons. The SMILES string of the molecule is CC/C=C\C/C=C\C/C=C\C/C=C\CCCCCCC(=O)OC(COCCCCCCCCCCCCCCCCCCCCCCC)COP(=O)(O)OCC[N+](C)(C)C. The first-order valence-electron chi connectivity index (χ1n) is 24.9. The van der Waals surface area contributed by atoms with Crippen LogP contribution in [-0.2, 0) is 27.9 Å². The second-order valence-electron chi connectivity index (χ2n) is 17.8. The first-order chi connectivity index (χ1) is 29.1. The summed E-state index contributed by atoms with van der Waals surface area (Å²) in [6, 6.07) is 0. The van der Waals surface area contributed by atoms with E-state index in [1.54, 1.807) is 0 Å². The summed E-state index contributed by atoms with van der Waals surface area (Å²) in [7, 11) is 1.65. The molecule has 0 aliphatic carbocycles. The Hall–Kier alpha value is -1.54. The molecule has 0 fully saturated rings. The van der Waals surface area contributed by atoms with Gasteiger partial charge in [-0.2, -0.15) is 0 Å². The summed E-state index contributed by atoms with van der Waals surface area (Å²) in [6.07, 6.45) is 54.4. The number of esters is 1. The van der Waals surface area contributed by atoms with Crippen molar-refractivity contribution in [3.63, 3.8) is 0 Å². The predicted octanol–water partition coefficient (Wildman–Crippen LogP) is 15.1. The molecule has 0 bridgehead atoms. The normalized spacial score (nSPS) is 14.0. The minimum atomic E-state index is -4.29. The van der Waals surface area contributed by atoms with Crippen molar-refractivity contribution in [2.45, 2.75) is 219 Å². The summed E-state index contributed by atoms with van der Waals surface area (Å²) >= 11 is 0. The van der Waals surface area contributed by atoms with Crippen molar-refractivity contribution in [2.75, 3.05) is 54.1 Å². The van der Waals surface area contributed by atoms with Crippen molar-refractivity contribution in [2.24, 2.45) is 0 Å². The highest BCUT2D eigenvalue weighted by Crippen LogP contribution is 2.43. The van der Waals surface area contributed by atoms with Crippen molar-refractivity contribution >= 4 is 13.8 Å². The van der Waals surface area contributed by atoms with Gasteiger partial charge in [-0.1, -0.05) is 204 Å². The molecule has 0 saturated heterocycles. The van der Waals surface area contributed by atoms with Gasteiger partial charge in [-0.3, -0.25) is 13.8 Å². The van der Waals surface area contributed by atoms with Crippen LogP contribution in [-0.4, -0.2) is 75.6 Å². The Morgan fingerprint density at radius 2 is 0.967 bits per heavy atom. The van der Waals surface area contributed by atoms with Crippen LogP contribution in [0, 0.1) is 0 Å². The van der Waals surface area contributed by atoms with Crippen molar-refractivity contribution in [3.05, 3.63) is 48.6 Å². The Morgan fingerprint density at radius 3 is 1.45 bits per heavy atom. The minimum absolute atomic E-state index is 0.0833. The van der Waals surface area contributed by atoms with Crippen molar-refractivity contribution in [1.82, 2.24) is 0 Å². The molecule has 2 atom stereocenters. The van der Waals surface area contributed by atoms with E-state index < -0.39 is 13.9 Å². The van der Waals surface area contributed by atoms with E-state index in [1.807, 2.05) is 21.1 Å². The van der Waals surface area contributed by atoms with Gasteiger partial charge in [-0.25, -0.2) is 4.57 Å². The molecule has 0 aliphatic rings. The molecule has 1 N–H and O–H groups in total. The fraction of sp³-hybridized carbons (Fsp3) is 0.824. The van der Waals surface area contributed by atoms with Gasteiger partial charge in [0.25, 0.3) is 0 Å². The summed E-state index contributed by atoms with van der Waals surface area (Å²) in [5.74, 6) is -0.334. The van der Waals surface area contributed by atoms with Crippen LogP contribution >= 0.6 is 7.82 Å². The highest BCUT2D eigenvalue weighted by molar-refractivity contribution is 7.47. The van der Waals surface area contributed by atoms with Gasteiger partial charge < -0.3 is 18.9 Å². The van der Waals surface area contributed by atoms with Crippen molar-refractivity contribution in [3.8, 4) is 0 Å². The third-order valence-electron chi connectivity index (χ3n) is 10.7. The highest BCUT2D eigenvalue weighted by atomic mass is 31.2. The van der Waals surface area contributed by atoms with E-state index in [2.05, 4.69) is 62.5 Å². The monoisotopic (exact) mass is 867 g/mol. The topological polar surface area (TPSA) is 91.3 Å². The lowest BCUT2D eigenvalue weighted by atomic mass is 10.0. The van der Waals surface area contributed by atoms with Crippen LogP contribution in [0.15, 0.2) is 48.6 Å². The maximum Gasteiger partial charge on any atom is 0.472 e. The van der Waals surface area contributed by atoms with Crippen LogP contribution in [0.4, 0.5) is 0 Å². The fourth-order valence-corrected chi connectivity index (χ4v) is 7.58. The zero-order valence-corrected chi connectivity index (χ0v) is 40.8. The summed E-state index contributed by atoms with van der Waals surface area (Å²) in [4.78, 5) is 23.0. The predicted molar refractivity (Wildman–Crippen MR) is 256 cm³/mol. The summed E-state index contributed by atoms with van der Waals surface area (Å²) < 4.78 is 35.1. The third kappa shape index (κ3) is 47.5. The summed E-state index contributed by atoms with van der Waals surface area (Å²) in [5.41, 5.74) is 0. The Kier molecular flexibility index (Phi) is 43.0. The molecule has 0 aromatic rings. The van der Waals surface area contributed by atoms with Crippen molar-refractivity contribution < 1.29 is 37.3 Å². The number of hydrogen-bond acceptors (Lipinski definition) is 6. The Bertz CT molecular complexity index is 1100. The molecule has 0 heterocycles. The largest absolute Gasteiger partial charge is 0.472 e. The Morgan fingerprint density at radius 1 is 0.533 bits per heavy atom. The Balaban J connectivity index is 4.17. The van der Waals surface area contributed by atoms with Crippen LogP contribution in [0.5, 0.6) is 0 Å². The minimum Gasteiger partial charge on any atom is -0.457 e. The van der Waals surface area contributed by atoms with Gasteiger partial charge in [-0.05, 0) is 51.4 Å². The highest BCUT2D eigenvalue weighted by Gasteiger charge is 2.26. The molecule has 2 unspecified atom stereocenters. The van der Waals surface area contributed by atoms with E-state index in [1.165, 1.54) is 122 Å². The Labute approximate surface area is 371 Å². The fourth-order valence-electron chi connectivity index (χ4n) is 6.84. The second-order valence-corrected chi connectivity index (χ2v) is 19.3. The number of hydrogen-bond donors (Lipinski definition) is 1. The number of phosphoric ester groups is 1. The molecule has 0 aromatic heterocycles. The number of unbranched alkanes of at least 4 members (excludes halogenated alkanes) is 24. The zero-order valence-electron chi connectivity index (χ0n) is 39.9. The lowest BCUT2D eigenvalue weighted by Crippen LogP contribution is -2.37. The van der Waals surface area contributed by atoms with E-state index in [0.717, 1.165) is 70.6 Å². The average molecular weight is 867 g/mol. The number of phosphoric acid groups is 1. The molecule has 0 aromatic carbocycles. The van der Waals surface area contributed by atoms with E-state index in [-0.39, 0.29) is 25.8 Å². The maximum atomic E-state index is 12.7. The van der Waals surface area contributed by atoms with Crippen molar-refractivity contribution in [1.29, 1.82) is 0 Å². The quantitative estimate of drug-likeness (QED) is 0.0214. The lowest BCUT2D eigenvalue weighted by molar-refractivity contribution is -0.870. The van der Waals surface area contributed by atoms with Gasteiger partial charge in [0, 0.05) is 13.0 Å². The second kappa shape index (κ2) is 44.1. The van der Waals surface area contributed by atoms with Crippen LogP contribution < -0.4 is 0 Å². The molecule has 0 spiro atoms. The molecule has 9 heteroatoms. The number of likely N-dealkylation sites (N-methyl/N-ethyl adjacent to an activating group) is 1. The first-order valence-corrected chi connectivity index (χ1v) is 26.4.